The number of benzene rings is 1. The summed E-state index contributed by atoms with van der Waals surface area (Å²) in [5.41, 5.74) is 2.35. The number of carboxylic acid groups (broad SMARTS) is 1. The molecule has 0 fully saturated rings. The van der Waals surface area contributed by atoms with Crippen LogP contribution in [0.15, 0.2) is 36.8 Å². The van der Waals surface area contributed by atoms with Gasteiger partial charge in [0.2, 0.25) is 0 Å². The quantitative estimate of drug-likeness (QED) is 0.791. The molecule has 19 heavy (non-hydrogen) atoms. The SMILES string of the molecule is O=C(O)Cc1ccc2nc(-c3cnccn3)sc2c1. The molecule has 5 nitrogen and oxygen atoms in total. The van der Waals surface area contributed by atoms with Gasteiger partial charge in [-0.05, 0) is 17.7 Å². The van der Waals surface area contributed by atoms with Gasteiger partial charge in [-0.2, -0.15) is 0 Å². The summed E-state index contributed by atoms with van der Waals surface area (Å²) in [5.74, 6) is -0.835. The molecule has 0 aliphatic carbocycles. The number of hydrogen-bond donors (Lipinski definition) is 1. The lowest BCUT2D eigenvalue weighted by atomic mass is 10.1. The normalized spacial score (nSPS) is 10.7. The van der Waals surface area contributed by atoms with Crippen LogP contribution in [-0.4, -0.2) is 26.0 Å². The Balaban J connectivity index is 2.04. The number of thiazole rings is 1. The first-order chi connectivity index (χ1) is 9.22. The molecule has 0 radical (unpaired) electrons. The summed E-state index contributed by atoms with van der Waals surface area (Å²) in [6.07, 6.45) is 4.92. The average molecular weight is 271 g/mol. The lowest BCUT2D eigenvalue weighted by Crippen LogP contribution is -1.99. The molecule has 0 bridgehead atoms. The molecule has 0 saturated heterocycles. The summed E-state index contributed by atoms with van der Waals surface area (Å²) >= 11 is 1.49. The van der Waals surface area contributed by atoms with Crippen molar-refractivity contribution in [2.75, 3.05) is 0 Å². The molecule has 3 aromatic rings. The highest BCUT2D eigenvalue weighted by Gasteiger charge is 2.09. The number of nitrogens with zero attached hydrogens (tertiary/aromatic N) is 3. The molecule has 0 aliphatic rings. The molecule has 1 N–H and O–H groups in total. The second-order valence-corrected chi connectivity index (χ2v) is 5.01. The molecular formula is C13H9N3O2S. The maximum absolute atomic E-state index is 10.7. The van der Waals surface area contributed by atoms with E-state index in [0.717, 1.165) is 26.5 Å². The number of carbonyl (C=O) groups is 1. The van der Waals surface area contributed by atoms with Gasteiger partial charge >= 0.3 is 5.97 Å². The van der Waals surface area contributed by atoms with E-state index in [1.165, 1.54) is 11.3 Å². The topological polar surface area (TPSA) is 76.0 Å². The first-order valence-corrected chi connectivity index (χ1v) is 6.42. The molecule has 2 heterocycles. The number of aromatic nitrogens is 3. The Morgan fingerprint density at radius 3 is 2.95 bits per heavy atom. The van der Waals surface area contributed by atoms with E-state index in [1.54, 1.807) is 24.7 Å². The standard InChI is InChI=1S/C13H9N3O2S/c17-12(18)6-8-1-2-9-11(5-8)19-13(16-9)10-7-14-3-4-15-10/h1-5,7H,6H2,(H,17,18). The van der Waals surface area contributed by atoms with E-state index in [4.69, 9.17) is 5.11 Å². The third kappa shape index (κ3) is 2.43. The van der Waals surface area contributed by atoms with Crippen LogP contribution in [0.25, 0.3) is 20.9 Å². The van der Waals surface area contributed by atoms with Crippen LogP contribution in [0.2, 0.25) is 0 Å². The molecule has 0 atom stereocenters. The summed E-state index contributed by atoms with van der Waals surface area (Å²) in [7, 11) is 0. The van der Waals surface area contributed by atoms with Crippen LogP contribution in [0.1, 0.15) is 5.56 Å². The van der Waals surface area contributed by atoms with E-state index in [-0.39, 0.29) is 6.42 Å². The largest absolute Gasteiger partial charge is 0.481 e. The van der Waals surface area contributed by atoms with Gasteiger partial charge in [-0.3, -0.25) is 14.8 Å². The Morgan fingerprint density at radius 2 is 2.21 bits per heavy atom. The van der Waals surface area contributed by atoms with Crippen molar-refractivity contribution < 1.29 is 9.90 Å². The zero-order chi connectivity index (χ0) is 13.2. The zero-order valence-electron chi connectivity index (χ0n) is 9.78. The molecule has 6 heteroatoms. The van der Waals surface area contributed by atoms with Crippen LogP contribution in [0.3, 0.4) is 0 Å². The smallest absolute Gasteiger partial charge is 0.307 e. The van der Waals surface area contributed by atoms with Gasteiger partial charge in [0, 0.05) is 12.4 Å². The Bertz CT molecular complexity index is 740. The van der Waals surface area contributed by atoms with Crippen molar-refractivity contribution in [3.05, 3.63) is 42.4 Å². The second kappa shape index (κ2) is 4.74. The number of carboxylic acids is 1. The van der Waals surface area contributed by atoms with Crippen molar-refractivity contribution in [1.29, 1.82) is 0 Å². The van der Waals surface area contributed by atoms with Crippen molar-refractivity contribution in [3.8, 4) is 10.7 Å². The minimum absolute atomic E-state index is 0.0221. The van der Waals surface area contributed by atoms with Crippen molar-refractivity contribution in [3.63, 3.8) is 0 Å². The number of aliphatic carboxylic acids is 1. The van der Waals surface area contributed by atoms with E-state index < -0.39 is 5.97 Å². The van der Waals surface area contributed by atoms with Crippen LogP contribution in [0, 0.1) is 0 Å². The molecule has 0 saturated carbocycles. The maximum Gasteiger partial charge on any atom is 0.307 e. The Hall–Kier alpha value is -2.34. The molecule has 0 spiro atoms. The van der Waals surface area contributed by atoms with Gasteiger partial charge in [0.1, 0.15) is 10.7 Å². The van der Waals surface area contributed by atoms with Gasteiger partial charge in [0.05, 0.1) is 22.8 Å². The number of rotatable bonds is 3. The predicted octanol–water partition coefficient (Wildman–Crippen LogP) is 2.38. The number of hydrogen-bond acceptors (Lipinski definition) is 5. The minimum Gasteiger partial charge on any atom is -0.481 e. The Kier molecular flexibility index (Phi) is 2.92. The van der Waals surface area contributed by atoms with Crippen molar-refractivity contribution >= 4 is 27.5 Å². The maximum atomic E-state index is 10.7. The van der Waals surface area contributed by atoms with Crippen molar-refractivity contribution in [2.45, 2.75) is 6.42 Å². The highest BCUT2D eigenvalue weighted by molar-refractivity contribution is 7.21. The van der Waals surface area contributed by atoms with Crippen LogP contribution in [0.4, 0.5) is 0 Å². The highest BCUT2D eigenvalue weighted by atomic mass is 32.1. The molecule has 94 valence electrons. The van der Waals surface area contributed by atoms with E-state index in [0.29, 0.717) is 0 Å². The fourth-order valence-corrected chi connectivity index (χ4v) is 2.76. The zero-order valence-corrected chi connectivity index (χ0v) is 10.6. The molecule has 0 aliphatic heterocycles. The summed E-state index contributed by atoms with van der Waals surface area (Å²) in [6.45, 7) is 0. The van der Waals surface area contributed by atoms with Gasteiger partial charge in [-0.25, -0.2) is 4.98 Å². The summed E-state index contributed by atoms with van der Waals surface area (Å²) in [4.78, 5) is 23.4. The molecule has 0 amide bonds. The van der Waals surface area contributed by atoms with Gasteiger partial charge < -0.3 is 5.11 Å². The highest BCUT2D eigenvalue weighted by Crippen LogP contribution is 2.29. The average Bonchev–Trinajstić information content (AvgIpc) is 2.82. The predicted molar refractivity (Wildman–Crippen MR) is 72.0 cm³/mol. The van der Waals surface area contributed by atoms with Crippen molar-refractivity contribution in [1.82, 2.24) is 15.0 Å². The van der Waals surface area contributed by atoms with E-state index in [1.807, 2.05) is 12.1 Å². The lowest BCUT2D eigenvalue weighted by Gasteiger charge is -1.95. The summed E-state index contributed by atoms with van der Waals surface area (Å²) in [6, 6.07) is 5.49. The first kappa shape index (κ1) is 11.7. The van der Waals surface area contributed by atoms with Gasteiger partial charge in [0.25, 0.3) is 0 Å². The van der Waals surface area contributed by atoms with Crippen LogP contribution in [-0.2, 0) is 11.2 Å². The third-order valence-corrected chi connectivity index (χ3v) is 3.63. The Morgan fingerprint density at radius 1 is 1.32 bits per heavy atom. The summed E-state index contributed by atoms with van der Waals surface area (Å²) < 4.78 is 0.958. The molecular weight excluding hydrogens is 262 g/mol. The molecule has 2 aromatic heterocycles. The first-order valence-electron chi connectivity index (χ1n) is 5.60. The van der Waals surface area contributed by atoms with E-state index >= 15 is 0 Å². The minimum atomic E-state index is -0.835. The van der Waals surface area contributed by atoms with Gasteiger partial charge in [-0.1, -0.05) is 6.07 Å². The fraction of sp³-hybridized carbons (Fsp3) is 0.0769. The van der Waals surface area contributed by atoms with Gasteiger partial charge in [-0.15, -0.1) is 11.3 Å². The molecule has 3 rings (SSSR count). The Labute approximate surface area is 112 Å². The van der Waals surface area contributed by atoms with Crippen LogP contribution < -0.4 is 0 Å². The van der Waals surface area contributed by atoms with E-state index in [9.17, 15) is 4.79 Å². The molecule has 0 unspecified atom stereocenters. The molecule has 1 aromatic carbocycles. The summed E-state index contributed by atoms with van der Waals surface area (Å²) in [5, 5.41) is 9.58. The van der Waals surface area contributed by atoms with E-state index in [2.05, 4.69) is 15.0 Å². The fourth-order valence-electron chi connectivity index (χ4n) is 1.77. The second-order valence-electron chi connectivity index (χ2n) is 3.98. The van der Waals surface area contributed by atoms with Crippen molar-refractivity contribution in [2.24, 2.45) is 0 Å². The monoisotopic (exact) mass is 271 g/mol. The number of fused-ring (bicyclic) bond motifs is 1. The van der Waals surface area contributed by atoms with Crippen LogP contribution >= 0.6 is 11.3 Å². The third-order valence-electron chi connectivity index (χ3n) is 2.59. The van der Waals surface area contributed by atoms with Crippen LogP contribution in [0.5, 0.6) is 0 Å². The lowest BCUT2D eigenvalue weighted by molar-refractivity contribution is -0.136. The van der Waals surface area contributed by atoms with Gasteiger partial charge in [0.15, 0.2) is 0 Å².